The molecule has 3 fully saturated rings. The van der Waals surface area contributed by atoms with E-state index in [0.29, 0.717) is 35.4 Å². The monoisotopic (exact) mass is 442 g/mol. The average Bonchev–Trinajstić information content (AvgIpc) is 3.06. The van der Waals surface area contributed by atoms with Crippen molar-refractivity contribution in [3.05, 3.63) is 11.6 Å². The van der Waals surface area contributed by atoms with Gasteiger partial charge in [0.1, 0.15) is 6.10 Å². The van der Waals surface area contributed by atoms with Crippen molar-refractivity contribution in [2.75, 3.05) is 0 Å². The number of hydrogen-bond donors (Lipinski definition) is 0. The topological polar surface area (TPSA) is 43.4 Å². The Morgan fingerprint density at radius 3 is 2.50 bits per heavy atom. The maximum atomic E-state index is 13.4. The van der Waals surface area contributed by atoms with E-state index in [1.807, 2.05) is 6.08 Å². The zero-order valence-corrected chi connectivity index (χ0v) is 21.4. The molecule has 0 aromatic carbocycles. The molecule has 0 bridgehead atoms. The molecule has 0 saturated heterocycles. The smallest absolute Gasteiger partial charge is 0.303 e. The predicted octanol–water partition coefficient (Wildman–Crippen LogP) is 7.14. The molecule has 0 amide bonds. The van der Waals surface area contributed by atoms with Gasteiger partial charge in [0.2, 0.25) is 0 Å². The van der Waals surface area contributed by atoms with E-state index < -0.39 is 0 Å². The van der Waals surface area contributed by atoms with Crippen molar-refractivity contribution in [2.45, 2.75) is 112 Å². The highest BCUT2D eigenvalue weighted by Gasteiger charge is 2.61. The lowest BCUT2D eigenvalue weighted by Gasteiger charge is -2.58. The second-order valence-corrected chi connectivity index (χ2v) is 12.7. The normalized spacial score (nSPS) is 42.0. The van der Waals surface area contributed by atoms with E-state index in [-0.39, 0.29) is 17.5 Å². The van der Waals surface area contributed by atoms with Gasteiger partial charge in [0, 0.05) is 18.9 Å². The first-order valence-corrected chi connectivity index (χ1v) is 13.5. The van der Waals surface area contributed by atoms with Crippen LogP contribution in [0.5, 0.6) is 0 Å². The Kier molecular flexibility index (Phi) is 6.69. The van der Waals surface area contributed by atoms with Crippen molar-refractivity contribution in [2.24, 2.45) is 46.3 Å². The van der Waals surface area contributed by atoms with Crippen LogP contribution < -0.4 is 0 Å². The number of ether oxygens (including phenoxy) is 1. The molecule has 0 aromatic rings. The Balaban J connectivity index is 1.52. The van der Waals surface area contributed by atoms with Crippen LogP contribution in [0.4, 0.5) is 0 Å². The molecule has 4 rings (SSSR count). The zero-order chi connectivity index (χ0) is 23.3. The molecule has 3 heteroatoms. The fourth-order valence-corrected chi connectivity index (χ4v) is 8.85. The average molecular weight is 443 g/mol. The molecule has 3 nitrogen and oxygen atoms in total. The van der Waals surface area contributed by atoms with Crippen LogP contribution in [0.25, 0.3) is 0 Å². The van der Waals surface area contributed by atoms with Crippen molar-refractivity contribution < 1.29 is 14.3 Å². The third-order valence-electron chi connectivity index (χ3n) is 10.4. The van der Waals surface area contributed by atoms with Gasteiger partial charge in [-0.25, -0.2) is 0 Å². The fourth-order valence-electron chi connectivity index (χ4n) is 8.85. The summed E-state index contributed by atoms with van der Waals surface area (Å²) < 4.78 is 5.47. The largest absolute Gasteiger partial charge is 0.458 e. The summed E-state index contributed by atoms with van der Waals surface area (Å²) in [5.74, 6) is 4.36. The summed E-state index contributed by atoms with van der Waals surface area (Å²) in [4.78, 5) is 24.9. The second-order valence-electron chi connectivity index (χ2n) is 12.7. The van der Waals surface area contributed by atoms with Crippen molar-refractivity contribution in [3.8, 4) is 0 Å². The van der Waals surface area contributed by atoms with Crippen LogP contribution in [-0.4, -0.2) is 17.9 Å². The molecule has 4 aliphatic carbocycles. The molecular formula is C29H46O3. The Labute approximate surface area is 196 Å². The van der Waals surface area contributed by atoms with Crippen LogP contribution in [0.15, 0.2) is 11.6 Å². The van der Waals surface area contributed by atoms with Crippen LogP contribution in [0.3, 0.4) is 0 Å². The predicted molar refractivity (Wildman–Crippen MR) is 129 cm³/mol. The number of carbonyl (C=O) groups is 2. The molecular weight excluding hydrogens is 396 g/mol. The number of Topliss-reactive ketones (excluding diaryl/α,β-unsaturated/α-hetero) is 1. The van der Waals surface area contributed by atoms with E-state index in [9.17, 15) is 9.59 Å². The van der Waals surface area contributed by atoms with Gasteiger partial charge in [-0.05, 0) is 90.9 Å². The highest BCUT2D eigenvalue weighted by molar-refractivity contribution is 5.98. The van der Waals surface area contributed by atoms with Gasteiger partial charge in [-0.1, -0.05) is 53.9 Å². The molecule has 0 spiro atoms. The van der Waals surface area contributed by atoms with Gasteiger partial charge in [0.25, 0.3) is 0 Å². The van der Waals surface area contributed by atoms with Gasteiger partial charge >= 0.3 is 5.97 Å². The number of allylic oxidation sites excluding steroid dienone is 1. The first-order chi connectivity index (χ1) is 15.1. The molecule has 0 heterocycles. The van der Waals surface area contributed by atoms with E-state index in [4.69, 9.17) is 4.74 Å². The summed E-state index contributed by atoms with van der Waals surface area (Å²) in [6.07, 6.45) is 13.7. The third kappa shape index (κ3) is 4.11. The summed E-state index contributed by atoms with van der Waals surface area (Å²) in [6.45, 7) is 13.6. The number of hydrogen-bond acceptors (Lipinski definition) is 3. The minimum atomic E-state index is -0.246. The summed E-state index contributed by atoms with van der Waals surface area (Å²) >= 11 is 0. The van der Waals surface area contributed by atoms with Crippen molar-refractivity contribution in [1.29, 1.82) is 0 Å². The molecule has 0 radical (unpaired) electrons. The molecule has 0 N–H and O–H groups in total. The molecule has 0 unspecified atom stereocenters. The Bertz CT molecular complexity index is 766. The number of fused-ring (bicyclic) bond motifs is 5. The van der Waals surface area contributed by atoms with Crippen LogP contribution in [0.1, 0.15) is 106 Å². The number of rotatable bonds is 6. The molecule has 32 heavy (non-hydrogen) atoms. The lowest BCUT2D eigenvalue weighted by Crippen LogP contribution is -2.53. The summed E-state index contributed by atoms with van der Waals surface area (Å²) in [6, 6.07) is 0. The summed E-state index contributed by atoms with van der Waals surface area (Å²) in [5.41, 5.74) is 1.36. The quantitative estimate of drug-likeness (QED) is 0.411. The molecule has 8 atom stereocenters. The lowest BCUT2D eigenvalue weighted by molar-refractivity contribution is -0.146. The van der Waals surface area contributed by atoms with Crippen LogP contribution >= 0.6 is 0 Å². The van der Waals surface area contributed by atoms with E-state index >= 15 is 0 Å². The number of ketones is 1. The maximum Gasteiger partial charge on any atom is 0.303 e. The van der Waals surface area contributed by atoms with Gasteiger partial charge in [-0.15, -0.1) is 0 Å². The van der Waals surface area contributed by atoms with Crippen molar-refractivity contribution in [1.82, 2.24) is 0 Å². The van der Waals surface area contributed by atoms with E-state index in [2.05, 4.69) is 34.6 Å². The second kappa shape index (κ2) is 8.91. The molecule has 3 saturated carbocycles. The first kappa shape index (κ1) is 24.0. The third-order valence-corrected chi connectivity index (χ3v) is 10.4. The van der Waals surface area contributed by atoms with Gasteiger partial charge in [-0.2, -0.15) is 0 Å². The van der Waals surface area contributed by atoms with Crippen molar-refractivity contribution in [3.63, 3.8) is 0 Å². The molecule has 0 aliphatic heterocycles. The lowest BCUT2D eigenvalue weighted by atomic mass is 9.46. The van der Waals surface area contributed by atoms with E-state index in [0.717, 1.165) is 36.2 Å². The first-order valence-electron chi connectivity index (χ1n) is 13.5. The summed E-state index contributed by atoms with van der Waals surface area (Å²) in [7, 11) is 0. The zero-order valence-electron chi connectivity index (χ0n) is 21.4. The van der Waals surface area contributed by atoms with Crippen LogP contribution in [0, 0.1) is 46.3 Å². The molecule has 4 aliphatic rings. The molecule has 180 valence electrons. The summed E-state index contributed by atoms with van der Waals surface area (Å²) in [5, 5.41) is 0. The molecule has 0 aromatic heterocycles. The number of esters is 1. The van der Waals surface area contributed by atoms with E-state index in [1.54, 1.807) is 0 Å². The van der Waals surface area contributed by atoms with Gasteiger partial charge < -0.3 is 4.74 Å². The van der Waals surface area contributed by atoms with Crippen molar-refractivity contribution >= 4 is 11.8 Å². The fraction of sp³-hybridized carbons (Fsp3) is 0.862. The standard InChI is InChI=1S/C29H46O3/c1-18(2)8-7-9-19(3)23-10-11-24-22-17-27(31)26-16-21(32-20(4)30)12-14-29(26,6)25(22)13-15-28(23,24)5/h16,18-19,21-25H,7-15,17H2,1-6H3/t19-,21+,22+,23-,24+,25+,28-,29-/m1/s1. The van der Waals surface area contributed by atoms with Gasteiger partial charge in [0.05, 0.1) is 0 Å². The van der Waals surface area contributed by atoms with Crippen LogP contribution in [-0.2, 0) is 14.3 Å². The van der Waals surface area contributed by atoms with Gasteiger partial charge in [0.15, 0.2) is 5.78 Å². The number of carbonyl (C=O) groups excluding carboxylic acids is 2. The SMILES string of the molecule is CC(=O)O[C@@H]1C=C2C(=O)C[C@H]3[C@@H]4CC[C@H]([C@H](C)CCCC(C)C)[C@@]4(C)CC[C@@H]3[C@@]2(C)CC1. The highest BCUT2D eigenvalue weighted by atomic mass is 16.5. The highest BCUT2D eigenvalue weighted by Crippen LogP contribution is 2.67. The maximum absolute atomic E-state index is 13.4. The Morgan fingerprint density at radius 1 is 1.06 bits per heavy atom. The minimum absolute atomic E-state index is 0.0288. The Morgan fingerprint density at radius 2 is 1.81 bits per heavy atom. The Hall–Kier alpha value is -1.12. The minimum Gasteiger partial charge on any atom is -0.458 e. The van der Waals surface area contributed by atoms with Crippen LogP contribution in [0.2, 0.25) is 0 Å². The van der Waals surface area contributed by atoms with E-state index in [1.165, 1.54) is 51.9 Å². The van der Waals surface area contributed by atoms with Gasteiger partial charge in [-0.3, -0.25) is 9.59 Å².